The lowest BCUT2D eigenvalue weighted by Gasteiger charge is -2.20. The Morgan fingerprint density at radius 2 is 1.59 bits per heavy atom. The van der Waals surface area contributed by atoms with Crippen LogP contribution in [0, 0.1) is 5.92 Å². The number of halogens is 3. The first-order chi connectivity index (χ1) is 18.2. The summed E-state index contributed by atoms with van der Waals surface area (Å²) in [7, 11) is 0. The zero-order valence-electron chi connectivity index (χ0n) is 22.6. The van der Waals surface area contributed by atoms with Gasteiger partial charge in [0.1, 0.15) is 5.75 Å². The molecule has 5 nitrogen and oxygen atoms in total. The van der Waals surface area contributed by atoms with E-state index in [4.69, 9.17) is 9.84 Å². The number of carbonyl (C=O) groups is 2. The van der Waals surface area contributed by atoms with Gasteiger partial charge in [-0.25, -0.2) is 0 Å². The molecule has 3 rings (SSSR count). The number of hydrogen-bond donors (Lipinski definition) is 2. The van der Waals surface area contributed by atoms with Crippen LogP contribution in [0.5, 0.6) is 5.75 Å². The Morgan fingerprint density at radius 3 is 2.15 bits per heavy atom. The summed E-state index contributed by atoms with van der Waals surface area (Å²) in [5.41, 5.74) is 2.17. The minimum atomic E-state index is -4.54. The van der Waals surface area contributed by atoms with Gasteiger partial charge < -0.3 is 15.2 Å². The van der Waals surface area contributed by atoms with Crippen molar-refractivity contribution < 1.29 is 32.6 Å². The van der Waals surface area contributed by atoms with Crippen molar-refractivity contribution in [3.05, 3.63) is 89.0 Å². The normalized spacial score (nSPS) is 12.6. The molecular weight excluding hydrogens is 507 g/mol. The SMILES string of the molecule is CC(COc1ccc(-c2ccc(C(C)(C)C)cc2)c(C(F)(F)F)c1)Cc1ccc(C(=O)NCCC(=O)O)cc1. The van der Waals surface area contributed by atoms with E-state index in [1.807, 2.05) is 19.1 Å². The highest BCUT2D eigenvalue weighted by Gasteiger charge is 2.34. The van der Waals surface area contributed by atoms with Gasteiger partial charge in [-0.3, -0.25) is 9.59 Å². The van der Waals surface area contributed by atoms with Crippen LogP contribution in [0.1, 0.15) is 61.2 Å². The predicted molar refractivity (Wildman–Crippen MR) is 145 cm³/mol. The Balaban J connectivity index is 1.63. The monoisotopic (exact) mass is 541 g/mol. The molecule has 0 bridgehead atoms. The van der Waals surface area contributed by atoms with Crippen LogP contribution >= 0.6 is 0 Å². The van der Waals surface area contributed by atoms with Gasteiger partial charge in [-0.15, -0.1) is 0 Å². The molecule has 0 spiro atoms. The first-order valence-electron chi connectivity index (χ1n) is 12.8. The molecular formula is C31H34F3NO4. The van der Waals surface area contributed by atoms with Crippen molar-refractivity contribution in [1.82, 2.24) is 5.32 Å². The fourth-order valence-corrected chi connectivity index (χ4v) is 4.13. The van der Waals surface area contributed by atoms with Gasteiger partial charge >= 0.3 is 12.1 Å². The second kappa shape index (κ2) is 12.4. The first-order valence-corrected chi connectivity index (χ1v) is 12.8. The molecule has 8 heteroatoms. The number of benzene rings is 3. The number of aliphatic carboxylic acids is 1. The van der Waals surface area contributed by atoms with Crippen LogP contribution in [-0.2, 0) is 22.8 Å². The maximum Gasteiger partial charge on any atom is 0.417 e. The Kier molecular flexibility index (Phi) is 9.43. The van der Waals surface area contributed by atoms with Crippen LogP contribution in [0.4, 0.5) is 13.2 Å². The van der Waals surface area contributed by atoms with Crippen molar-refractivity contribution in [2.24, 2.45) is 5.92 Å². The lowest BCUT2D eigenvalue weighted by Crippen LogP contribution is -2.25. The fraction of sp³-hybridized carbons (Fsp3) is 0.355. The van der Waals surface area contributed by atoms with Gasteiger partial charge in [0.25, 0.3) is 5.91 Å². The van der Waals surface area contributed by atoms with Gasteiger partial charge in [-0.05, 0) is 64.3 Å². The number of rotatable bonds is 10. The molecule has 0 heterocycles. The van der Waals surface area contributed by atoms with E-state index in [-0.39, 0.29) is 48.1 Å². The lowest BCUT2D eigenvalue weighted by molar-refractivity contribution is -0.138. The highest BCUT2D eigenvalue weighted by molar-refractivity contribution is 5.94. The van der Waals surface area contributed by atoms with E-state index >= 15 is 0 Å². The van der Waals surface area contributed by atoms with Gasteiger partial charge in [0, 0.05) is 12.1 Å². The molecule has 0 fully saturated rings. The highest BCUT2D eigenvalue weighted by Crippen LogP contribution is 2.39. The largest absolute Gasteiger partial charge is 0.493 e. The topological polar surface area (TPSA) is 75.6 Å². The Bertz CT molecular complexity index is 1280. The van der Waals surface area contributed by atoms with Crippen LogP contribution in [0.2, 0.25) is 0 Å². The number of hydrogen-bond acceptors (Lipinski definition) is 3. The minimum absolute atomic E-state index is 0.000742. The van der Waals surface area contributed by atoms with Crippen molar-refractivity contribution in [2.45, 2.75) is 52.1 Å². The van der Waals surface area contributed by atoms with Crippen molar-refractivity contribution in [3.63, 3.8) is 0 Å². The average Bonchev–Trinajstić information content (AvgIpc) is 2.86. The van der Waals surface area contributed by atoms with Crippen LogP contribution in [0.25, 0.3) is 11.1 Å². The summed E-state index contributed by atoms with van der Waals surface area (Å²) < 4.78 is 47.6. The average molecular weight is 542 g/mol. The van der Waals surface area contributed by atoms with E-state index in [0.717, 1.165) is 17.2 Å². The summed E-state index contributed by atoms with van der Waals surface area (Å²) in [6.45, 7) is 8.35. The molecule has 0 aliphatic heterocycles. The summed E-state index contributed by atoms with van der Waals surface area (Å²) in [5, 5.41) is 11.2. The molecule has 0 aliphatic carbocycles. The Morgan fingerprint density at radius 1 is 0.949 bits per heavy atom. The van der Waals surface area contributed by atoms with Crippen LogP contribution in [0.15, 0.2) is 66.7 Å². The molecule has 0 aliphatic rings. The standard InChI is InChI=1S/C31H34F3NO4/c1-20(17-21-5-7-23(8-6-21)29(38)35-16-15-28(36)37)19-39-25-13-14-26(27(18-25)31(32,33)34)22-9-11-24(12-10-22)30(2,3)4/h5-14,18,20H,15-17,19H2,1-4H3,(H,35,38)(H,36,37). The van der Waals surface area contributed by atoms with E-state index in [2.05, 4.69) is 26.1 Å². The van der Waals surface area contributed by atoms with Crippen molar-refractivity contribution in [1.29, 1.82) is 0 Å². The molecule has 0 radical (unpaired) electrons. The maximum atomic E-state index is 14.0. The Hall–Kier alpha value is -3.81. The number of nitrogens with one attached hydrogen (secondary N) is 1. The molecule has 0 saturated heterocycles. The number of alkyl halides is 3. The summed E-state index contributed by atoms with van der Waals surface area (Å²) in [6.07, 6.45) is -4.09. The summed E-state index contributed by atoms with van der Waals surface area (Å²) in [4.78, 5) is 22.7. The van der Waals surface area contributed by atoms with Crippen LogP contribution < -0.4 is 10.1 Å². The molecule has 208 valence electrons. The third kappa shape index (κ3) is 8.60. The smallest absolute Gasteiger partial charge is 0.417 e. The number of amides is 1. The first kappa shape index (κ1) is 29.7. The molecule has 39 heavy (non-hydrogen) atoms. The zero-order valence-corrected chi connectivity index (χ0v) is 22.6. The number of carbonyl (C=O) groups excluding carboxylic acids is 1. The lowest BCUT2D eigenvalue weighted by atomic mass is 9.86. The maximum absolute atomic E-state index is 14.0. The molecule has 3 aromatic carbocycles. The number of ether oxygens (including phenoxy) is 1. The molecule has 0 aromatic heterocycles. The van der Waals surface area contributed by atoms with Crippen LogP contribution in [0.3, 0.4) is 0 Å². The van der Waals surface area contributed by atoms with E-state index in [0.29, 0.717) is 17.5 Å². The third-order valence-electron chi connectivity index (χ3n) is 6.32. The fourth-order valence-electron chi connectivity index (χ4n) is 4.13. The number of carboxylic acid groups (broad SMARTS) is 1. The van der Waals surface area contributed by atoms with Gasteiger partial charge in [0.05, 0.1) is 18.6 Å². The molecule has 1 atom stereocenters. The van der Waals surface area contributed by atoms with Crippen LogP contribution in [-0.4, -0.2) is 30.1 Å². The van der Waals surface area contributed by atoms with Crippen molar-refractivity contribution in [2.75, 3.05) is 13.2 Å². The molecule has 3 aromatic rings. The molecule has 0 saturated carbocycles. The summed E-state index contributed by atoms with van der Waals surface area (Å²) >= 11 is 0. The van der Waals surface area contributed by atoms with Gasteiger partial charge in [-0.1, -0.05) is 70.2 Å². The van der Waals surface area contributed by atoms with E-state index in [1.54, 1.807) is 42.5 Å². The second-order valence-corrected chi connectivity index (χ2v) is 10.7. The van der Waals surface area contributed by atoms with E-state index in [9.17, 15) is 22.8 Å². The Labute approximate surface area is 227 Å². The summed E-state index contributed by atoms with van der Waals surface area (Å²) in [6, 6.07) is 18.1. The zero-order chi connectivity index (χ0) is 28.8. The third-order valence-corrected chi connectivity index (χ3v) is 6.32. The van der Waals surface area contributed by atoms with Crippen molar-refractivity contribution >= 4 is 11.9 Å². The highest BCUT2D eigenvalue weighted by atomic mass is 19.4. The molecule has 1 unspecified atom stereocenters. The van der Waals surface area contributed by atoms with Gasteiger partial charge in [0.2, 0.25) is 0 Å². The van der Waals surface area contributed by atoms with Gasteiger partial charge in [0.15, 0.2) is 0 Å². The second-order valence-electron chi connectivity index (χ2n) is 10.7. The quantitative estimate of drug-likeness (QED) is 0.286. The van der Waals surface area contributed by atoms with E-state index in [1.165, 1.54) is 6.07 Å². The summed E-state index contributed by atoms with van der Waals surface area (Å²) in [5.74, 6) is -1.19. The molecule has 1 amide bonds. The minimum Gasteiger partial charge on any atom is -0.493 e. The van der Waals surface area contributed by atoms with Crippen molar-refractivity contribution in [3.8, 4) is 16.9 Å². The van der Waals surface area contributed by atoms with Gasteiger partial charge in [-0.2, -0.15) is 13.2 Å². The number of carboxylic acids is 1. The van der Waals surface area contributed by atoms with E-state index < -0.39 is 17.7 Å². The molecule has 2 N–H and O–H groups in total. The predicted octanol–water partition coefficient (Wildman–Crippen LogP) is 7.13.